The molecule has 1 aliphatic rings. The van der Waals surface area contributed by atoms with Crippen LogP contribution in [0.3, 0.4) is 0 Å². The lowest BCUT2D eigenvalue weighted by Gasteiger charge is -2.28. The Balaban J connectivity index is 1.32. The lowest BCUT2D eigenvalue weighted by Crippen LogP contribution is -2.16. The van der Waals surface area contributed by atoms with Gasteiger partial charge in [-0.2, -0.15) is 0 Å². The molecule has 1 aliphatic carbocycles. The van der Waals surface area contributed by atoms with Crippen LogP contribution in [0.1, 0.15) is 72.9 Å². The summed E-state index contributed by atoms with van der Waals surface area (Å²) in [5.74, 6) is -0.00839. The highest BCUT2D eigenvalue weighted by Gasteiger charge is 2.24. The van der Waals surface area contributed by atoms with E-state index in [9.17, 15) is 9.59 Å². The van der Waals surface area contributed by atoms with E-state index in [1.165, 1.54) is 5.56 Å². The van der Waals surface area contributed by atoms with Gasteiger partial charge >= 0.3 is 5.97 Å². The first-order valence-corrected chi connectivity index (χ1v) is 13.6. The first kappa shape index (κ1) is 25.7. The molecule has 1 fully saturated rings. The van der Waals surface area contributed by atoms with Crippen molar-refractivity contribution in [3.63, 3.8) is 0 Å². The predicted molar refractivity (Wildman–Crippen MR) is 153 cm³/mol. The Morgan fingerprint density at radius 1 is 0.921 bits per heavy atom. The molecule has 0 atom stereocenters. The van der Waals surface area contributed by atoms with Crippen LogP contribution in [-0.2, 0) is 11.2 Å². The summed E-state index contributed by atoms with van der Waals surface area (Å²) in [5.41, 5.74) is 6.90. The smallest absolute Gasteiger partial charge is 0.303 e. The number of para-hydroxylation sites is 1. The van der Waals surface area contributed by atoms with Crippen LogP contribution in [0.15, 0.2) is 79.0 Å². The quantitative estimate of drug-likeness (QED) is 0.255. The van der Waals surface area contributed by atoms with Gasteiger partial charge in [0.15, 0.2) is 0 Å². The van der Waals surface area contributed by atoms with Crippen LogP contribution in [0.5, 0.6) is 0 Å². The van der Waals surface area contributed by atoms with Crippen LogP contribution < -0.4 is 5.32 Å². The number of pyridine rings is 1. The Labute approximate surface area is 223 Å². The lowest BCUT2D eigenvalue weighted by atomic mass is 9.77. The maximum Gasteiger partial charge on any atom is 0.303 e. The summed E-state index contributed by atoms with van der Waals surface area (Å²) in [4.78, 5) is 28.8. The minimum Gasteiger partial charge on any atom is -0.481 e. The second kappa shape index (κ2) is 11.6. The Morgan fingerprint density at radius 2 is 1.66 bits per heavy atom. The van der Waals surface area contributed by atoms with Crippen LogP contribution in [-0.4, -0.2) is 22.0 Å². The van der Waals surface area contributed by atoms with Crippen LogP contribution in [0.4, 0.5) is 5.69 Å². The second-order valence-corrected chi connectivity index (χ2v) is 10.4. The minimum absolute atomic E-state index is 0.129. The summed E-state index contributed by atoms with van der Waals surface area (Å²) < 4.78 is 0. The van der Waals surface area contributed by atoms with Gasteiger partial charge in [0.05, 0.1) is 11.1 Å². The van der Waals surface area contributed by atoms with Gasteiger partial charge in [0.1, 0.15) is 0 Å². The average molecular weight is 507 g/mol. The molecule has 38 heavy (non-hydrogen) atoms. The van der Waals surface area contributed by atoms with Crippen LogP contribution in [0.2, 0.25) is 0 Å². The summed E-state index contributed by atoms with van der Waals surface area (Å²) in [7, 11) is 0. The van der Waals surface area contributed by atoms with E-state index in [1.807, 2.05) is 30.3 Å². The number of anilines is 1. The number of carbonyl (C=O) groups excluding carboxylic acids is 1. The van der Waals surface area contributed by atoms with Crippen LogP contribution in [0, 0.1) is 5.92 Å². The third-order valence-electron chi connectivity index (χ3n) is 7.80. The SMILES string of the molecule is CCCc1ccccc1NC(=O)c1ccnc2cc(-c3ccc([C@H]4CC[C@H](CC(=O)O)CC4)cc3)ccc12. The summed E-state index contributed by atoms with van der Waals surface area (Å²) in [6.07, 6.45) is 7.98. The van der Waals surface area contributed by atoms with Crippen LogP contribution >= 0.6 is 0 Å². The molecule has 1 amide bonds. The Bertz CT molecular complexity index is 1440. The minimum atomic E-state index is -0.687. The maximum absolute atomic E-state index is 13.2. The monoisotopic (exact) mass is 506 g/mol. The Morgan fingerprint density at radius 3 is 2.39 bits per heavy atom. The molecule has 5 heteroatoms. The number of carbonyl (C=O) groups is 2. The Kier molecular flexibility index (Phi) is 7.83. The largest absolute Gasteiger partial charge is 0.481 e. The summed E-state index contributed by atoms with van der Waals surface area (Å²) >= 11 is 0. The number of hydrogen-bond donors (Lipinski definition) is 2. The molecule has 1 aromatic heterocycles. The summed E-state index contributed by atoms with van der Waals surface area (Å²) in [5, 5.41) is 13.0. The van der Waals surface area contributed by atoms with Gasteiger partial charge in [-0.15, -0.1) is 0 Å². The predicted octanol–water partition coefficient (Wildman–Crippen LogP) is 7.86. The van der Waals surface area contributed by atoms with E-state index in [0.29, 0.717) is 17.4 Å². The molecule has 0 spiro atoms. The van der Waals surface area contributed by atoms with Gasteiger partial charge in [0.25, 0.3) is 5.91 Å². The zero-order valence-corrected chi connectivity index (χ0v) is 21.8. The van der Waals surface area contributed by atoms with Gasteiger partial charge in [-0.1, -0.05) is 67.9 Å². The highest BCUT2D eigenvalue weighted by molar-refractivity contribution is 6.12. The fraction of sp³-hybridized carbons (Fsp3) is 0.303. The number of nitrogens with zero attached hydrogens (tertiary/aromatic N) is 1. The van der Waals surface area contributed by atoms with Crippen molar-refractivity contribution in [1.29, 1.82) is 0 Å². The van der Waals surface area contributed by atoms with E-state index in [-0.39, 0.29) is 12.3 Å². The zero-order chi connectivity index (χ0) is 26.5. The maximum atomic E-state index is 13.2. The molecule has 5 nitrogen and oxygen atoms in total. The van der Waals surface area contributed by atoms with Gasteiger partial charge in [0, 0.05) is 23.7 Å². The highest BCUT2D eigenvalue weighted by atomic mass is 16.4. The normalized spacial score (nSPS) is 17.3. The number of rotatable bonds is 8. The fourth-order valence-electron chi connectivity index (χ4n) is 5.74. The molecule has 194 valence electrons. The van der Waals surface area contributed by atoms with Gasteiger partial charge in [-0.25, -0.2) is 0 Å². The van der Waals surface area contributed by atoms with Crippen molar-refractivity contribution in [2.45, 2.75) is 57.8 Å². The van der Waals surface area contributed by atoms with Crippen molar-refractivity contribution < 1.29 is 14.7 Å². The highest BCUT2D eigenvalue weighted by Crippen LogP contribution is 2.38. The first-order chi connectivity index (χ1) is 18.5. The number of carboxylic acids is 1. The molecule has 2 N–H and O–H groups in total. The first-order valence-electron chi connectivity index (χ1n) is 13.6. The number of nitrogens with one attached hydrogen (secondary N) is 1. The number of aliphatic carboxylic acids is 1. The molecule has 0 saturated heterocycles. The molecular weight excluding hydrogens is 472 g/mol. The van der Waals surface area contributed by atoms with E-state index in [1.54, 1.807) is 12.3 Å². The molecule has 0 bridgehead atoms. The number of amides is 1. The molecule has 1 heterocycles. The average Bonchev–Trinajstić information content (AvgIpc) is 2.94. The van der Waals surface area contributed by atoms with Crippen molar-refractivity contribution in [3.05, 3.63) is 95.7 Å². The Hall–Kier alpha value is -3.99. The van der Waals surface area contributed by atoms with E-state index in [2.05, 4.69) is 53.6 Å². The summed E-state index contributed by atoms with van der Waals surface area (Å²) in [6, 6.07) is 24.5. The molecule has 4 aromatic rings. The van der Waals surface area contributed by atoms with E-state index in [0.717, 1.165) is 71.8 Å². The second-order valence-electron chi connectivity index (χ2n) is 10.4. The number of benzene rings is 3. The van der Waals surface area contributed by atoms with E-state index < -0.39 is 5.97 Å². The number of aryl methyl sites for hydroxylation is 1. The standard InChI is InChI=1S/C33H34N2O3/c1-2-5-26-6-3-4-7-30(26)35-33(38)29-18-19-34-31-21-27(16-17-28(29)31)25-14-12-24(13-15-25)23-10-8-22(9-11-23)20-32(36)37/h3-4,6-7,12-19,21-23H,2,5,8-11,20H2,1H3,(H,35,38)(H,36,37)/t22-,23-. The van der Waals surface area contributed by atoms with Crippen molar-refractivity contribution in [1.82, 2.24) is 4.98 Å². The topological polar surface area (TPSA) is 79.3 Å². The third kappa shape index (κ3) is 5.77. The van der Waals surface area contributed by atoms with E-state index >= 15 is 0 Å². The van der Waals surface area contributed by atoms with Crippen LogP contribution in [0.25, 0.3) is 22.0 Å². The molecule has 0 radical (unpaired) electrons. The van der Waals surface area contributed by atoms with Gasteiger partial charge in [-0.05, 0) is 84.4 Å². The fourth-order valence-corrected chi connectivity index (χ4v) is 5.74. The number of fused-ring (bicyclic) bond motifs is 1. The number of hydrogen-bond acceptors (Lipinski definition) is 3. The van der Waals surface area contributed by atoms with Crippen molar-refractivity contribution in [3.8, 4) is 11.1 Å². The molecule has 0 unspecified atom stereocenters. The van der Waals surface area contributed by atoms with Gasteiger partial charge < -0.3 is 10.4 Å². The number of aromatic nitrogens is 1. The van der Waals surface area contributed by atoms with E-state index in [4.69, 9.17) is 5.11 Å². The molecule has 1 saturated carbocycles. The third-order valence-corrected chi connectivity index (χ3v) is 7.80. The van der Waals surface area contributed by atoms with Crippen molar-refractivity contribution in [2.75, 3.05) is 5.32 Å². The lowest BCUT2D eigenvalue weighted by molar-refractivity contribution is -0.138. The molecule has 0 aliphatic heterocycles. The van der Waals surface area contributed by atoms with Gasteiger partial charge in [-0.3, -0.25) is 14.6 Å². The molecular formula is C33H34N2O3. The zero-order valence-electron chi connectivity index (χ0n) is 21.8. The van der Waals surface area contributed by atoms with Crippen molar-refractivity contribution >= 4 is 28.5 Å². The molecule has 3 aromatic carbocycles. The number of carboxylic acid groups (broad SMARTS) is 1. The van der Waals surface area contributed by atoms with Gasteiger partial charge in [0.2, 0.25) is 0 Å². The molecule has 5 rings (SSSR count). The summed E-state index contributed by atoms with van der Waals surface area (Å²) in [6.45, 7) is 2.13. The van der Waals surface area contributed by atoms with Crippen molar-refractivity contribution in [2.24, 2.45) is 5.92 Å².